The van der Waals surface area contributed by atoms with Crippen molar-refractivity contribution < 1.29 is 64.3 Å². The first-order valence-electron chi connectivity index (χ1n) is 7.31. The molecular formula is C18H22ClNaO7. The predicted molar refractivity (Wildman–Crippen MR) is 97.3 cm³/mol. The van der Waals surface area contributed by atoms with Crippen molar-refractivity contribution in [2.24, 2.45) is 0 Å². The molecule has 0 radical (unpaired) electrons. The van der Waals surface area contributed by atoms with E-state index in [9.17, 15) is 9.59 Å². The Bertz CT molecular complexity index is 660. The standard InChI is InChI=1S/C10H12O3.C8H8O3.ClH.Na.H2O/c1-2-7-13-10(12)8-3-5-9(11)6-4-8;1-11-8(10)6-2-4-7(9)5-3-6;;;/h3-6,11H,2,7H2,1H3;2-5,9H,1H3;1H;;1H2/q;;;+1;/p-1. The van der Waals surface area contributed by atoms with Gasteiger partial charge in [-0.1, -0.05) is 6.92 Å². The molecule has 0 fully saturated rings. The Morgan fingerprint density at radius 2 is 1.22 bits per heavy atom. The minimum absolute atomic E-state index is 0. The third-order valence-corrected chi connectivity index (χ3v) is 2.83. The molecule has 0 heterocycles. The van der Waals surface area contributed by atoms with Gasteiger partial charge < -0.3 is 25.2 Å². The van der Waals surface area contributed by atoms with Gasteiger partial charge in [-0.2, -0.15) is 0 Å². The summed E-state index contributed by atoms with van der Waals surface area (Å²) in [6, 6.07) is 11.9. The molecule has 0 aliphatic heterocycles. The topological polar surface area (TPSA) is 123 Å². The summed E-state index contributed by atoms with van der Waals surface area (Å²) in [6.45, 7) is 2.36. The maximum atomic E-state index is 11.2. The van der Waals surface area contributed by atoms with Gasteiger partial charge in [-0.15, -0.1) is 12.4 Å². The van der Waals surface area contributed by atoms with Crippen molar-refractivity contribution in [2.45, 2.75) is 13.3 Å². The number of benzene rings is 2. The maximum absolute atomic E-state index is 11.2. The Kier molecular flexibility index (Phi) is 18.2. The maximum Gasteiger partial charge on any atom is 1.00 e. The average Bonchev–Trinajstić information content (AvgIpc) is 2.61. The number of carbonyl (C=O) groups excluding carboxylic acids is 2. The Labute approximate surface area is 186 Å². The van der Waals surface area contributed by atoms with Crippen LogP contribution < -0.4 is 29.6 Å². The number of carbonyl (C=O) groups is 2. The van der Waals surface area contributed by atoms with Gasteiger partial charge in [0, 0.05) is 0 Å². The van der Waals surface area contributed by atoms with Crippen LogP contribution in [0.3, 0.4) is 0 Å². The summed E-state index contributed by atoms with van der Waals surface area (Å²) in [5, 5.41) is 17.8. The van der Waals surface area contributed by atoms with Crippen LogP contribution in [0.1, 0.15) is 34.1 Å². The number of hydrogen-bond acceptors (Lipinski definition) is 7. The molecule has 0 aliphatic carbocycles. The molecule has 7 nitrogen and oxygen atoms in total. The molecule has 27 heavy (non-hydrogen) atoms. The third kappa shape index (κ3) is 11.5. The van der Waals surface area contributed by atoms with E-state index in [1.807, 2.05) is 6.92 Å². The first-order valence-corrected chi connectivity index (χ1v) is 7.31. The minimum atomic E-state index is -0.398. The number of ether oxygens (including phenoxy) is 2. The Morgan fingerprint density at radius 1 is 0.852 bits per heavy atom. The monoisotopic (exact) mass is 408 g/mol. The first-order chi connectivity index (χ1) is 11.5. The second-order valence-electron chi connectivity index (χ2n) is 4.72. The van der Waals surface area contributed by atoms with E-state index in [2.05, 4.69) is 4.74 Å². The fourth-order valence-corrected chi connectivity index (χ4v) is 1.59. The summed E-state index contributed by atoms with van der Waals surface area (Å²) in [4.78, 5) is 22.0. The smallest absolute Gasteiger partial charge is 0.870 e. The molecule has 0 saturated heterocycles. The van der Waals surface area contributed by atoms with E-state index in [0.717, 1.165) is 6.42 Å². The van der Waals surface area contributed by atoms with Gasteiger partial charge in [-0.3, -0.25) is 0 Å². The largest absolute Gasteiger partial charge is 1.00 e. The number of esters is 2. The number of halogens is 1. The number of phenolic OH excluding ortho intramolecular Hbond substituents is 2. The molecule has 144 valence electrons. The SMILES string of the molecule is CCCOC(=O)c1ccc(O)cc1.COC(=O)c1ccc(O)cc1.Cl.[Na+].[OH-]. The van der Waals surface area contributed by atoms with E-state index in [1.54, 1.807) is 0 Å². The van der Waals surface area contributed by atoms with Crippen molar-refractivity contribution in [2.75, 3.05) is 13.7 Å². The second kappa shape index (κ2) is 16.4. The molecule has 0 unspecified atom stereocenters. The molecule has 2 aromatic carbocycles. The van der Waals surface area contributed by atoms with Gasteiger partial charge in [0.05, 0.1) is 24.8 Å². The predicted octanol–water partition coefficient (Wildman–Crippen LogP) is 0.387. The molecule has 0 aromatic heterocycles. The van der Waals surface area contributed by atoms with Crippen LogP contribution in [0.25, 0.3) is 0 Å². The van der Waals surface area contributed by atoms with Gasteiger partial charge in [-0.25, -0.2) is 9.59 Å². The van der Waals surface area contributed by atoms with Gasteiger partial charge >= 0.3 is 41.5 Å². The zero-order chi connectivity index (χ0) is 17.9. The second-order valence-corrected chi connectivity index (χ2v) is 4.72. The Balaban J connectivity index is -0.000000388. The summed E-state index contributed by atoms with van der Waals surface area (Å²) in [5.74, 6) is -0.462. The van der Waals surface area contributed by atoms with Crippen LogP contribution >= 0.6 is 12.4 Å². The van der Waals surface area contributed by atoms with Crippen molar-refractivity contribution in [1.29, 1.82) is 0 Å². The van der Waals surface area contributed by atoms with Crippen molar-refractivity contribution >= 4 is 24.3 Å². The molecule has 2 rings (SSSR count). The Morgan fingerprint density at radius 3 is 1.56 bits per heavy atom. The fourth-order valence-electron chi connectivity index (χ4n) is 1.59. The van der Waals surface area contributed by atoms with Gasteiger partial charge in [0.15, 0.2) is 0 Å². The summed E-state index contributed by atoms with van der Waals surface area (Å²) >= 11 is 0. The zero-order valence-electron chi connectivity index (χ0n) is 15.4. The normalized spacial score (nSPS) is 8.37. The molecular weight excluding hydrogens is 387 g/mol. The average molecular weight is 409 g/mol. The van der Waals surface area contributed by atoms with Crippen LogP contribution in [0.15, 0.2) is 48.5 Å². The molecule has 0 spiro atoms. The third-order valence-electron chi connectivity index (χ3n) is 2.83. The van der Waals surface area contributed by atoms with Crippen LogP contribution in [0.2, 0.25) is 0 Å². The molecule has 0 amide bonds. The summed E-state index contributed by atoms with van der Waals surface area (Å²) in [6.07, 6.45) is 0.809. The van der Waals surface area contributed by atoms with Crippen molar-refractivity contribution in [3.63, 3.8) is 0 Å². The van der Waals surface area contributed by atoms with Crippen LogP contribution in [0, 0.1) is 0 Å². The van der Waals surface area contributed by atoms with Gasteiger partial charge in [0.2, 0.25) is 0 Å². The van der Waals surface area contributed by atoms with Crippen LogP contribution in [-0.2, 0) is 9.47 Å². The van der Waals surface area contributed by atoms with E-state index < -0.39 is 5.97 Å². The summed E-state index contributed by atoms with van der Waals surface area (Å²) in [5.41, 5.74) is 0.900. The van der Waals surface area contributed by atoms with Crippen LogP contribution in [0.5, 0.6) is 11.5 Å². The van der Waals surface area contributed by atoms with Crippen molar-refractivity contribution in [1.82, 2.24) is 0 Å². The number of rotatable bonds is 4. The van der Waals surface area contributed by atoms with Crippen molar-refractivity contribution in [3.05, 3.63) is 59.7 Å². The van der Waals surface area contributed by atoms with E-state index in [4.69, 9.17) is 14.9 Å². The molecule has 0 atom stereocenters. The van der Waals surface area contributed by atoms with Gasteiger partial charge in [0.1, 0.15) is 11.5 Å². The molecule has 0 aliphatic rings. The van der Waals surface area contributed by atoms with Gasteiger partial charge in [-0.05, 0) is 55.0 Å². The summed E-state index contributed by atoms with van der Waals surface area (Å²) in [7, 11) is 1.31. The minimum Gasteiger partial charge on any atom is -0.870 e. The molecule has 0 bridgehead atoms. The number of phenols is 2. The number of hydrogen-bond donors (Lipinski definition) is 2. The molecule has 0 saturated carbocycles. The van der Waals surface area contributed by atoms with Crippen LogP contribution in [0.4, 0.5) is 0 Å². The van der Waals surface area contributed by atoms with E-state index in [1.165, 1.54) is 55.6 Å². The quantitative estimate of drug-likeness (QED) is 0.554. The van der Waals surface area contributed by atoms with Gasteiger partial charge in [0.25, 0.3) is 0 Å². The van der Waals surface area contributed by atoms with E-state index >= 15 is 0 Å². The molecule has 9 heteroatoms. The zero-order valence-corrected chi connectivity index (χ0v) is 18.2. The first kappa shape index (κ1) is 30.0. The fraction of sp³-hybridized carbons (Fsp3) is 0.222. The van der Waals surface area contributed by atoms with Crippen LogP contribution in [-0.4, -0.2) is 41.3 Å². The molecule has 3 N–H and O–H groups in total. The number of aromatic hydroxyl groups is 2. The number of methoxy groups -OCH3 is 1. The summed E-state index contributed by atoms with van der Waals surface area (Å²) < 4.78 is 9.35. The van der Waals surface area contributed by atoms with E-state index in [-0.39, 0.29) is 64.9 Å². The molecule has 2 aromatic rings. The van der Waals surface area contributed by atoms with E-state index in [0.29, 0.717) is 17.7 Å². The Hall–Kier alpha value is -1.77. The van der Waals surface area contributed by atoms with Crippen molar-refractivity contribution in [3.8, 4) is 11.5 Å².